The standard InChI is InChI=1S/C16H33N3O2/c1-5-18-16(15(17)20)8-6-7-14(11-16)19(9-10-21-4)12-13(2)3/h13-14,18H,5-12H2,1-4H3,(H2,17,20). The van der Waals surface area contributed by atoms with Crippen LogP contribution in [0.2, 0.25) is 0 Å². The van der Waals surface area contributed by atoms with E-state index in [1.54, 1.807) is 7.11 Å². The van der Waals surface area contributed by atoms with E-state index in [-0.39, 0.29) is 5.91 Å². The molecule has 5 heteroatoms. The van der Waals surface area contributed by atoms with Gasteiger partial charge in [0.1, 0.15) is 0 Å². The van der Waals surface area contributed by atoms with Gasteiger partial charge in [0, 0.05) is 26.2 Å². The Hall–Kier alpha value is -0.650. The molecule has 1 aliphatic carbocycles. The lowest BCUT2D eigenvalue weighted by atomic mass is 9.77. The number of hydrogen-bond acceptors (Lipinski definition) is 4. The molecule has 3 N–H and O–H groups in total. The van der Waals surface area contributed by atoms with Crippen LogP contribution in [-0.2, 0) is 9.53 Å². The molecule has 124 valence electrons. The Balaban J connectivity index is 2.80. The first kappa shape index (κ1) is 18.4. The average Bonchev–Trinajstić information content (AvgIpc) is 2.43. The van der Waals surface area contributed by atoms with E-state index in [2.05, 4.69) is 24.1 Å². The second kappa shape index (κ2) is 8.71. The molecule has 1 rings (SSSR count). The lowest BCUT2D eigenvalue weighted by molar-refractivity contribution is -0.126. The molecule has 0 saturated heterocycles. The van der Waals surface area contributed by atoms with E-state index in [1.807, 2.05) is 6.92 Å². The lowest BCUT2D eigenvalue weighted by Crippen LogP contribution is -2.61. The van der Waals surface area contributed by atoms with Crippen LogP contribution in [0.3, 0.4) is 0 Å². The van der Waals surface area contributed by atoms with Gasteiger partial charge < -0.3 is 15.8 Å². The predicted octanol–water partition coefficient (Wildman–Crippen LogP) is 1.37. The van der Waals surface area contributed by atoms with Gasteiger partial charge in [0.15, 0.2) is 0 Å². The number of primary amides is 1. The van der Waals surface area contributed by atoms with Crippen molar-refractivity contribution in [2.75, 3.05) is 33.4 Å². The van der Waals surface area contributed by atoms with Gasteiger partial charge in [-0.25, -0.2) is 0 Å². The molecule has 2 unspecified atom stereocenters. The number of nitrogens with zero attached hydrogens (tertiary/aromatic N) is 1. The molecule has 0 heterocycles. The summed E-state index contributed by atoms with van der Waals surface area (Å²) in [6.45, 7) is 9.95. The lowest BCUT2D eigenvalue weighted by Gasteiger charge is -2.44. The van der Waals surface area contributed by atoms with Gasteiger partial charge in [0.2, 0.25) is 5.91 Å². The summed E-state index contributed by atoms with van der Waals surface area (Å²) >= 11 is 0. The van der Waals surface area contributed by atoms with Gasteiger partial charge in [0.25, 0.3) is 0 Å². The zero-order chi connectivity index (χ0) is 15.9. The number of amides is 1. The molecule has 21 heavy (non-hydrogen) atoms. The number of rotatable bonds is 9. The van der Waals surface area contributed by atoms with Gasteiger partial charge >= 0.3 is 0 Å². The minimum absolute atomic E-state index is 0.203. The third-order valence-electron chi connectivity index (χ3n) is 4.41. The molecular weight excluding hydrogens is 266 g/mol. The molecule has 0 bridgehead atoms. The Kier molecular flexibility index (Phi) is 7.63. The minimum Gasteiger partial charge on any atom is -0.383 e. The maximum atomic E-state index is 12.0. The van der Waals surface area contributed by atoms with E-state index in [1.165, 1.54) is 0 Å². The van der Waals surface area contributed by atoms with E-state index in [0.717, 1.165) is 51.9 Å². The van der Waals surface area contributed by atoms with Crippen LogP contribution in [0.25, 0.3) is 0 Å². The van der Waals surface area contributed by atoms with E-state index in [9.17, 15) is 4.79 Å². The molecule has 5 nitrogen and oxygen atoms in total. The molecule has 0 aromatic rings. The van der Waals surface area contributed by atoms with Crippen LogP contribution < -0.4 is 11.1 Å². The monoisotopic (exact) mass is 299 g/mol. The number of ether oxygens (including phenoxy) is 1. The average molecular weight is 299 g/mol. The zero-order valence-electron chi connectivity index (χ0n) is 14.2. The van der Waals surface area contributed by atoms with Crippen LogP contribution in [0, 0.1) is 5.92 Å². The van der Waals surface area contributed by atoms with Gasteiger partial charge in [-0.15, -0.1) is 0 Å². The van der Waals surface area contributed by atoms with Crippen molar-refractivity contribution in [2.24, 2.45) is 11.7 Å². The molecule has 0 aliphatic heterocycles. The number of nitrogens with two attached hydrogens (primary N) is 1. The number of hydrogen-bond donors (Lipinski definition) is 2. The molecule has 1 saturated carbocycles. The van der Waals surface area contributed by atoms with Gasteiger partial charge in [-0.3, -0.25) is 9.69 Å². The van der Waals surface area contributed by atoms with Crippen molar-refractivity contribution in [3.63, 3.8) is 0 Å². The van der Waals surface area contributed by atoms with Crippen LogP contribution in [0.5, 0.6) is 0 Å². The van der Waals surface area contributed by atoms with Crippen molar-refractivity contribution in [2.45, 2.75) is 58.0 Å². The smallest absolute Gasteiger partial charge is 0.237 e. The van der Waals surface area contributed by atoms with Crippen LogP contribution >= 0.6 is 0 Å². The summed E-state index contributed by atoms with van der Waals surface area (Å²) in [5.41, 5.74) is 5.18. The van der Waals surface area contributed by atoms with E-state index >= 15 is 0 Å². The first-order valence-electron chi connectivity index (χ1n) is 8.23. The Bertz CT molecular complexity index is 319. The van der Waals surface area contributed by atoms with Crippen molar-refractivity contribution in [3.8, 4) is 0 Å². The van der Waals surface area contributed by atoms with Gasteiger partial charge in [0.05, 0.1) is 12.1 Å². The maximum absolute atomic E-state index is 12.0. The fourth-order valence-corrected chi connectivity index (χ4v) is 3.47. The summed E-state index contributed by atoms with van der Waals surface area (Å²) in [7, 11) is 1.74. The van der Waals surface area contributed by atoms with E-state index in [4.69, 9.17) is 10.5 Å². The third-order valence-corrected chi connectivity index (χ3v) is 4.41. The zero-order valence-corrected chi connectivity index (χ0v) is 14.2. The minimum atomic E-state index is -0.528. The highest BCUT2D eigenvalue weighted by Gasteiger charge is 2.42. The Morgan fingerprint density at radius 1 is 1.52 bits per heavy atom. The number of carbonyl (C=O) groups is 1. The van der Waals surface area contributed by atoms with Crippen molar-refractivity contribution >= 4 is 5.91 Å². The summed E-state index contributed by atoms with van der Waals surface area (Å²) in [4.78, 5) is 14.5. The van der Waals surface area contributed by atoms with Gasteiger partial charge in [-0.2, -0.15) is 0 Å². The fraction of sp³-hybridized carbons (Fsp3) is 0.938. The van der Waals surface area contributed by atoms with Crippen molar-refractivity contribution in [1.29, 1.82) is 0 Å². The molecule has 0 spiro atoms. The largest absolute Gasteiger partial charge is 0.383 e. The molecule has 1 aliphatic rings. The van der Waals surface area contributed by atoms with Crippen LogP contribution in [0.4, 0.5) is 0 Å². The molecule has 0 radical (unpaired) electrons. The van der Waals surface area contributed by atoms with E-state index < -0.39 is 5.54 Å². The molecule has 2 atom stereocenters. The Morgan fingerprint density at radius 2 is 2.24 bits per heavy atom. The fourth-order valence-electron chi connectivity index (χ4n) is 3.47. The summed E-state index contributed by atoms with van der Waals surface area (Å²) in [5.74, 6) is 0.399. The first-order valence-corrected chi connectivity index (χ1v) is 8.23. The van der Waals surface area contributed by atoms with Crippen LogP contribution in [0.1, 0.15) is 46.5 Å². The number of methoxy groups -OCH3 is 1. The number of likely N-dealkylation sites (N-methyl/N-ethyl adjacent to an activating group) is 1. The number of nitrogens with one attached hydrogen (secondary N) is 1. The highest BCUT2D eigenvalue weighted by molar-refractivity contribution is 5.84. The quantitative estimate of drug-likeness (QED) is 0.675. The van der Waals surface area contributed by atoms with Crippen LogP contribution in [-0.4, -0.2) is 55.7 Å². The van der Waals surface area contributed by atoms with Crippen molar-refractivity contribution in [1.82, 2.24) is 10.2 Å². The summed E-state index contributed by atoms with van der Waals surface area (Å²) in [6.07, 6.45) is 3.85. The van der Waals surface area contributed by atoms with E-state index in [0.29, 0.717) is 12.0 Å². The Labute approximate surface area is 129 Å². The second-order valence-electron chi connectivity index (χ2n) is 6.61. The molecule has 0 aromatic heterocycles. The SMILES string of the molecule is CCNC1(C(N)=O)CCCC(N(CCOC)CC(C)C)C1. The summed E-state index contributed by atoms with van der Waals surface area (Å²) < 4.78 is 5.24. The molecule has 0 aromatic carbocycles. The van der Waals surface area contributed by atoms with Crippen LogP contribution in [0.15, 0.2) is 0 Å². The Morgan fingerprint density at radius 3 is 2.76 bits per heavy atom. The number of carbonyl (C=O) groups excluding carboxylic acids is 1. The van der Waals surface area contributed by atoms with Gasteiger partial charge in [-0.05, 0) is 38.1 Å². The molecular formula is C16H33N3O2. The normalized spacial score (nSPS) is 26.5. The maximum Gasteiger partial charge on any atom is 0.237 e. The highest BCUT2D eigenvalue weighted by atomic mass is 16.5. The summed E-state index contributed by atoms with van der Waals surface area (Å²) in [5, 5.41) is 3.36. The first-order chi connectivity index (χ1) is 9.95. The molecule has 1 amide bonds. The van der Waals surface area contributed by atoms with Crippen molar-refractivity contribution < 1.29 is 9.53 Å². The second-order valence-corrected chi connectivity index (χ2v) is 6.61. The topological polar surface area (TPSA) is 67.6 Å². The highest BCUT2D eigenvalue weighted by Crippen LogP contribution is 2.31. The third kappa shape index (κ3) is 5.24. The summed E-state index contributed by atoms with van der Waals surface area (Å²) in [6, 6.07) is 0.405. The molecule has 1 fully saturated rings. The predicted molar refractivity (Wildman–Crippen MR) is 86.1 cm³/mol. The van der Waals surface area contributed by atoms with Crippen molar-refractivity contribution in [3.05, 3.63) is 0 Å². The van der Waals surface area contributed by atoms with Gasteiger partial charge in [-0.1, -0.05) is 20.8 Å².